The molecule has 112 valence electrons. The van der Waals surface area contributed by atoms with Gasteiger partial charge < -0.3 is 10.1 Å². The van der Waals surface area contributed by atoms with Crippen molar-refractivity contribution >= 4 is 43.0 Å². The number of nitrogens with one attached hydrogen (secondary N) is 1. The van der Waals surface area contributed by atoms with E-state index in [0.29, 0.717) is 0 Å². The molecule has 0 aliphatic heterocycles. The van der Waals surface area contributed by atoms with Gasteiger partial charge >= 0.3 is 0 Å². The van der Waals surface area contributed by atoms with Crippen LogP contribution in [0, 0.1) is 6.92 Å². The monoisotopic (exact) mass is 320 g/mol. The van der Waals surface area contributed by atoms with Crippen molar-refractivity contribution in [1.29, 1.82) is 0 Å². The fraction of sp³-hybridized carbons (Fsp3) is 0.438. The smallest absolute Gasteiger partial charge is 0.129 e. The first-order valence-corrected chi connectivity index (χ1v) is 8.97. The maximum absolute atomic E-state index is 6.21. The highest BCUT2D eigenvalue weighted by atomic mass is 32.1. The van der Waals surface area contributed by atoms with Crippen LogP contribution in [0.4, 0.5) is 0 Å². The maximum atomic E-state index is 6.21. The van der Waals surface area contributed by atoms with Crippen molar-refractivity contribution in [2.24, 2.45) is 0 Å². The van der Waals surface area contributed by atoms with Crippen LogP contribution in [0.1, 0.15) is 24.8 Å². The van der Waals surface area contributed by atoms with Gasteiger partial charge in [0.2, 0.25) is 0 Å². The Morgan fingerprint density at radius 1 is 1.43 bits per heavy atom. The molecule has 1 N–H and O–H groups in total. The third-order valence-corrected chi connectivity index (χ3v) is 5.37. The van der Waals surface area contributed by atoms with E-state index < -0.39 is 0 Å². The van der Waals surface area contributed by atoms with E-state index in [2.05, 4.69) is 41.7 Å². The van der Waals surface area contributed by atoms with E-state index >= 15 is 0 Å². The zero-order valence-corrected chi connectivity index (χ0v) is 14.2. The lowest BCUT2D eigenvalue weighted by Crippen LogP contribution is -2.15. The summed E-state index contributed by atoms with van der Waals surface area (Å²) in [4.78, 5) is 4.66. The van der Waals surface area contributed by atoms with Crippen LogP contribution in [0.15, 0.2) is 17.5 Å². The first kappa shape index (κ1) is 14.8. The molecule has 21 heavy (non-hydrogen) atoms. The molecule has 0 bridgehead atoms. The number of rotatable bonds is 6. The molecule has 1 aromatic carbocycles. The molecule has 3 rings (SSSR count). The number of hydrogen-bond acceptors (Lipinski definition) is 5. The number of nitrogens with zero attached hydrogens (tertiary/aromatic N) is 1. The summed E-state index contributed by atoms with van der Waals surface area (Å²) in [6, 6.07) is 4.30. The lowest BCUT2D eigenvalue weighted by molar-refractivity contribution is 0.211. The molecule has 0 amide bonds. The second-order valence-corrected chi connectivity index (χ2v) is 7.44. The van der Waals surface area contributed by atoms with Gasteiger partial charge in [0.1, 0.15) is 5.75 Å². The summed E-state index contributed by atoms with van der Waals surface area (Å²) in [5.74, 6) is 0.999. The van der Waals surface area contributed by atoms with E-state index in [1.165, 1.54) is 14.8 Å². The quantitative estimate of drug-likeness (QED) is 0.675. The van der Waals surface area contributed by atoms with E-state index in [9.17, 15) is 0 Å². The minimum atomic E-state index is 0.230. The normalized spacial score (nSPS) is 13.1. The number of aromatic nitrogens is 1. The van der Waals surface area contributed by atoms with Crippen LogP contribution < -0.4 is 10.1 Å². The number of benzene rings is 1. The summed E-state index contributed by atoms with van der Waals surface area (Å²) >= 11 is 3.49. The van der Waals surface area contributed by atoms with E-state index in [-0.39, 0.29) is 6.10 Å². The fourth-order valence-corrected chi connectivity index (χ4v) is 4.36. The van der Waals surface area contributed by atoms with Crippen molar-refractivity contribution in [1.82, 2.24) is 10.3 Å². The van der Waals surface area contributed by atoms with Crippen molar-refractivity contribution in [2.75, 3.05) is 13.6 Å². The largest absolute Gasteiger partial charge is 0.490 e. The van der Waals surface area contributed by atoms with Crippen LogP contribution in [0.5, 0.6) is 5.75 Å². The van der Waals surface area contributed by atoms with Crippen LogP contribution in [0.2, 0.25) is 0 Å². The van der Waals surface area contributed by atoms with Gasteiger partial charge in [0.15, 0.2) is 0 Å². The van der Waals surface area contributed by atoms with Gasteiger partial charge in [-0.3, -0.25) is 0 Å². The second-order valence-electron chi connectivity index (χ2n) is 5.29. The number of ether oxygens (including phenoxy) is 1. The SMILES string of the molecule is CNCCCC(C)Oc1cc2sc(C)nc2c2sccc12. The van der Waals surface area contributed by atoms with Gasteiger partial charge in [-0.2, -0.15) is 0 Å². The topological polar surface area (TPSA) is 34.1 Å². The predicted molar refractivity (Wildman–Crippen MR) is 93.0 cm³/mol. The molecular formula is C16H20N2OS2. The Labute approximate surface area is 133 Å². The van der Waals surface area contributed by atoms with Crippen LogP contribution >= 0.6 is 22.7 Å². The molecule has 0 saturated carbocycles. The number of fused-ring (bicyclic) bond motifs is 3. The maximum Gasteiger partial charge on any atom is 0.129 e. The Morgan fingerprint density at radius 3 is 3.10 bits per heavy atom. The third kappa shape index (κ3) is 3.05. The van der Waals surface area contributed by atoms with Crippen LogP contribution in [0.25, 0.3) is 20.3 Å². The molecule has 0 fully saturated rings. The van der Waals surface area contributed by atoms with Crippen molar-refractivity contribution in [3.05, 3.63) is 22.5 Å². The van der Waals surface area contributed by atoms with Crippen LogP contribution in [-0.2, 0) is 0 Å². The van der Waals surface area contributed by atoms with Gasteiger partial charge in [0.05, 0.1) is 26.0 Å². The molecule has 0 radical (unpaired) electrons. The van der Waals surface area contributed by atoms with Crippen molar-refractivity contribution < 1.29 is 4.74 Å². The average Bonchev–Trinajstić information content (AvgIpc) is 3.04. The summed E-state index contributed by atoms with van der Waals surface area (Å²) in [6.07, 6.45) is 2.42. The number of thiazole rings is 1. The van der Waals surface area contributed by atoms with Crippen LogP contribution in [0.3, 0.4) is 0 Å². The molecule has 0 saturated heterocycles. The Hall–Kier alpha value is -1.17. The molecule has 2 aromatic heterocycles. The van der Waals surface area contributed by atoms with E-state index in [1.54, 1.807) is 22.7 Å². The summed E-state index contributed by atoms with van der Waals surface area (Å²) in [7, 11) is 1.99. The Morgan fingerprint density at radius 2 is 2.29 bits per heavy atom. The highest BCUT2D eigenvalue weighted by Gasteiger charge is 2.14. The Kier molecular flexibility index (Phi) is 4.42. The molecule has 3 aromatic rings. The van der Waals surface area contributed by atoms with Crippen LogP contribution in [-0.4, -0.2) is 24.7 Å². The van der Waals surface area contributed by atoms with Gasteiger partial charge in [-0.15, -0.1) is 22.7 Å². The molecule has 5 heteroatoms. The highest BCUT2D eigenvalue weighted by molar-refractivity contribution is 7.21. The molecule has 1 atom stereocenters. The van der Waals surface area contributed by atoms with Gasteiger partial charge in [-0.05, 0) is 51.7 Å². The summed E-state index contributed by atoms with van der Waals surface area (Å²) in [5, 5.41) is 7.60. The molecule has 3 nitrogen and oxygen atoms in total. The Balaban J connectivity index is 1.91. The Bertz CT molecular complexity index is 747. The number of aryl methyl sites for hydroxylation is 1. The fourth-order valence-electron chi connectivity index (χ4n) is 2.53. The first-order chi connectivity index (χ1) is 10.2. The molecule has 1 unspecified atom stereocenters. The molecule has 2 heterocycles. The van der Waals surface area contributed by atoms with E-state index in [0.717, 1.165) is 35.7 Å². The molecule has 0 aliphatic carbocycles. The van der Waals surface area contributed by atoms with Crippen molar-refractivity contribution in [3.8, 4) is 5.75 Å². The third-order valence-electron chi connectivity index (χ3n) is 3.53. The average molecular weight is 320 g/mol. The zero-order chi connectivity index (χ0) is 14.8. The molecule has 0 aliphatic rings. The summed E-state index contributed by atoms with van der Waals surface area (Å²) in [6.45, 7) is 5.25. The minimum absolute atomic E-state index is 0.230. The lowest BCUT2D eigenvalue weighted by atomic mass is 10.2. The summed E-state index contributed by atoms with van der Waals surface area (Å²) in [5.41, 5.74) is 1.12. The van der Waals surface area contributed by atoms with Gasteiger partial charge in [0.25, 0.3) is 0 Å². The first-order valence-electron chi connectivity index (χ1n) is 7.27. The van der Waals surface area contributed by atoms with Crippen molar-refractivity contribution in [2.45, 2.75) is 32.8 Å². The molecule has 0 spiro atoms. The standard InChI is InChI=1S/C16H20N2OS2/c1-10(5-4-7-17-3)19-13-9-14-15(18-11(2)21-14)16-12(13)6-8-20-16/h6,8-10,17H,4-5,7H2,1-3H3. The minimum Gasteiger partial charge on any atom is -0.490 e. The zero-order valence-electron chi connectivity index (χ0n) is 12.6. The van der Waals surface area contributed by atoms with Gasteiger partial charge in [-0.1, -0.05) is 0 Å². The lowest BCUT2D eigenvalue weighted by Gasteiger charge is -2.15. The van der Waals surface area contributed by atoms with Gasteiger partial charge in [-0.25, -0.2) is 4.98 Å². The highest BCUT2D eigenvalue weighted by Crippen LogP contribution is 2.39. The number of hydrogen-bond donors (Lipinski definition) is 1. The van der Waals surface area contributed by atoms with Crippen molar-refractivity contribution in [3.63, 3.8) is 0 Å². The van der Waals surface area contributed by atoms with E-state index in [4.69, 9.17) is 4.74 Å². The summed E-state index contributed by atoms with van der Waals surface area (Å²) < 4.78 is 8.67. The second kappa shape index (κ2) is 6.30. The van der Waals surface area contributed by atoms with Gasteiger partial charge in [0, 0.05) is 11.5 Å². The number of thiophene rings is 1. The van der Waals surface area contributed by atoms with E-state index in [1.807, 2.05) is 7.05 Å². The molecular weight excluding hydrogens is 300 g/mol. The predicted octanol–water partition coefficient (Wildman–Crippen LogP) is 4.59.